The molecule has 1 saturated heterocycles. The highest BCUT2D eigenvalue weighted by Gasteiger charge is 2.40. The van der Waals surface area contributed by atoms with Gasteiger partial charge in [0.1, 0.15) is 5.82 Å². The average molecular weight is 355 g/mol. The summed E-state index contributed by atoms with van der Waals surface area (Å²) in [6.07, 6.45) is 1.62. The Labute approximate surface area is 143 Å². The van der Waals surface area contributed by atoms with E-state index < -0.39 is 14.6 Å². The van der Waals surface area contributed by atoms with Gasteiger partial charge in [0.05, 0.1) is 10.5 Å². The van der Waals surface area contributed by atoms with E-state index in [9.17, 15) is 12.8 Å². The van der Waals surface area contributed by atoms with Crippen molar-refractivity contribution >= 4 is 15.8 Å². The molecule has 5 nitrogen and oxygen atoms in total. The van der Waals surface area contributed by atoms with Crippen LogP contribution in [0.4, 0.5) is 4.39 Å². The van der Waals surface area contributed by atoms with Crippen LogP contribution in [-0.4, -0.2) is 56.5 Å². The Morgan fingerprint density at radius 1 is 1.42 bits per heavy atom. The van der Waals surface area contributed by atoms with Gasteiger partial charge in [-0.2, -0.15) is 0 Å². The lowest BCUT2D eigenvalue weighted by Crippen LogP contribution is -2.57. The van der Waals surface area contributed by atoms with Crippen LogP contribution in [0.25, 0.3) is 0 Å². The molecule has 1 fully saturated rings. The quantitative estimate of drug-likeness (QED) is 0.509. The fraction of sp³-hybridized carbons (Fsp3) is 0.588. The summed E-state index contributed by atoms with van der Waals surface area (Å²) in [5.41, 5.74) is 0.969. The molecule has 1 heterocycles. The predicted molar refractivity (Wildman–Crippen MR) is 95.5 cm³/mol. The maximum atomic E-state index is 13.1. The van der Waals surface area contributed by atoms with Crippen molar-refractivity contribution in [2.75, 3.05) is 32.4 Å². The number of aryl methyl sites for hydroxylation is 1. The molecule has 0 aromatic heterocycles. The Morgan fingerprint density at radius 2 is 2.17 bits per heavy atom. The van der Waals surface area contributed by atoms with E-state index in [1.165, 1.54) is 6.07 Å². The van der Waals surface area contributed by atoms with Gasteiger partial charge >= 0.3 is 0 Å². The summed E-state index contributed by atoms with van der Waals surface area (Å²) in [5, 5.41) is 3.28. The third-order valence-corrected chi connectivity index (χ3v) is 6.90. The summed E-state index contributed by atoms with van der Waals surface area (Å²) in [5.74, 6) is 0.648. The van der Waals surface area contributed by atoms with E-state index in [1.54, 1.807) is 33.0 Å². The number of halogens is 1. The molecule has 1 N–H and O–H groups in total. The van der Waals surface area contributed by atoms with Gasteiger partial charge in [-0.05, 0) is 44.4 Å². The largest absolute Gasteiger partial charge is 0.356 e. The molecule has 0 saturated carbocycles. The van der Waals surface area contributed by atoms with E-state index in [2.05, 4.69) is 10.3 Å². The third-order valence-electron chi connectivity index (χ3n) is 4.37. The first-order valence-electron chi connectivity index (χ1n) is 8.17. The molecule has 7 heteroatoms. The van der Waals surface area contributed by atoms with Crippen molar-refractivity contribution in [3.8, 4) is 0 Å². The summed E-state index contributed by atoms with van der Waals surface area (Å²) < 4.78 is 36.5. The van der Waals surface area contributed by atoms with Crippen LogP contribution in [0.3, 0.4) is 0 Å². The molecular formula is C17H26FN3O2S. The van der Waals surface area contributed by atoms with Crippen LogP contribution in [0, 0.1) is 5.82 Å². The Hall–Kier alpha value is -1.63. The van der Waals surface area contributed by atoms with Crippen molar-refractivity contribution in [1.82, 2.24) is 10.2 Å². The molecule has 1 aromatic rings. The average Bonchev–Trinajstić information content (AvgIpc) is 2.50. The van der Waals surface area contributed by atoms with Crippen molar-refractivity contribution in [2.45, 2.75) is 31.4 Å². The lowest BCUT2D eigenvalue weighted by atomic mass is 10.1. The highest BCUT2D eigenvalue weighted by molar-refractivity contribution is 7.92. The van der Waals surface area contributed by atoms with E-state index in [-0.39, 0.29) is 11.6 Å². The van der Waals surface area contributed by atoms with Crippen LogP contribution >= 0.6 is 0 Å². The van der Waals surface area contributed by atoms with Crippen LogP contribution in [0.1, 0.15) is 25.8 Å². The molecular weight excluding hydrogens is 329 g/mol. The summed E-state index contributed by atoms with van der Waals surface area (Å²) in [6.45, 7) is 5.10. The molecule has 0 bridgehead atoms. The first kappa shape index (κ1) is 18.7. The normalized spacial score (nSPS) is 20.0. The van der Waals surface area contributed by atoms with Crippen molar-refractivity contribution < 1.29 is 12.8 Å². The fourth-order valence-electron chi connectivity index (χ4n) is 2.84. The second-order valence-corrected chi connectivity index (χ2v) is 9.45. The molecule has 0 amide bonds. The molecule has 0 aliphatic carbocycles. The standard InChI is InChI=1S/C17H26FN3O2S/c1-17(2)13-21(10-11-24(17,22)23)16(19-3)20-9-5-7-14-6-4-8-15(18)12-14/h4,6,8,12H,5,7,9-11,13H2,1-3H3,(H,19,20). The van der Waals surface area contributed by atoms with Gasteiger partial charge in [0, 0.05) is 26.7 Å². The number of aliphatic imine (C=N–C) groups is 1. The van der Waals surface area contributed by atoms with Crippen molar-refractivity contribution in [2.24, 2.45) is 4.99 Å². The fourth-order valence-corrected chi connectivity index (χ4v) is 4.21. The number of nitrogens with one attached hydrogen (secondary N) is 1. The summed E-state index contributed by atoms with van der Waals surface area (Å²) in [6, 6.07) is 6.62. The number of sulfone groups is 1. The minimum absolute atomic E-state index is 0.143. The SMILES string of the molecule is CN=C(NCCCc1cccc(F)c1)N1CCS(=O)(=O)C(C)(C)C1. The predicted octanol–water partition coefficient (Wildman–Crippen LogP) is 1.84. The van der Waals surface area contributed by atoms with Crippen LogP contribution < -0.4 is 5.32 Å². The van der Waals surface area contributed by atoms with Gasteiger partial charge in [-0.1, -0.05) is 12.1 Å². The lowest BCUT2D eigenvalue weighted by molar-refractivity contribution is 0.353. The first-order valence-corrected chi connectivity index (χ1v) is 9.83. The van der Waals surface area contributed by atoms with E-state index >= 15 is 0 Å². The topological polar surface area (TPSA) is 61.8 Å². The minimum atomic E-state index is -3.06. The Morgan fingerprint density at radius 3 is 2.79 bits per heavy atom. The summed E-state index contributed by atoms with van der Waals surface area (Å²) in [4.78, 5) is 6.25. The highest BCUT2D eigenvalue weighted by Crippen LogP contribution is 2.23. The van der Waals surface area contributed by atoms with Crippen molar-refractivity contribution in [1.29, 1.82) is 0 Å². The van der Waals surface area contributed by atoms with Crippen LogP contribution in [-0.2, 0) is 16.3 Å². The van der Waals surface area contributed by atoms with Crippen molar-refractivity contribution in [3.63, 3.8) is 0 Å². The lowest BCUT2D eigenvalue weighted by Gasteiger charge is -2.39. The maximum absolute atomic E-state index is 13.1. The monoisotopic (exact) mass is 355 g/mol. The van der Waals surface area contributed by atoms with Gasteiger partial charge in [0.2, 0.25) is 0 Å². The first-order chi connectivity index (χ1) is 11.2. The summed E-state index contributed by atoms with van der Waals surface area (Å²) >= 11 is 0. The second kappa shape index (κ2) is 7.51. The van der Waals surface area contributed by atoms with E-state index in [0.717, 1.165) is 24.4 Å². The molecule has 0 radical (unpaired) electrons. The molecule has 0 spiro atoms. The Balaban J connectivity index is 1.85. The van der Waals surface area contributed by atoms with Gasteiger partial charge in [-0.25, -0.2) is 12.8 Å². The number of nitrogens with zero attached hydrogens (tertiary/aromatic N) is 2. The number of hydrogen-bond donors (Lipinski definition) is 1. The molecule has 134 valence electrons. The molecule has 0 atom stereocenters. The van der Waals surface area contributed by atoms with Gasteiger partial charge in [-0.3, -0.25) is 4.99 Å². The number of rotatable bonds is 4. The molecule has 24 heavy (non-hydrogen) atoms. The van der Waals surface area contributed by atoms with Crippen molar-refractivity contribution in [3.05, 3.63) is 35.6 Å². The number of hydrogen-bond acceptors (Lipinski definition) is 3. The Bertz CT molecular complexity index is 702. The molecule has 2 rings (SSSR count). The third kappa shape index (κ3) is 4.47. The molecule has 0 unspecified atom stereocenters. The zero-order valence-corrected chi connectivity index (χ0v) is 15.4. The van der Waals surface area contributed by atoms with Gasteiger partial charge in [0.25, 0.3) is 0 Å². The minimum Gasteiger partial charge on any atom is -0.356 e. The van der Waals surface area contributed by atoms with Gasteiger partial charge in [-0.15, -0.1) is 0 Å². The molecule has 1 aliphatic heterocycles. The molecule has 1 aromatic carbocycles. The second-order valence-electron chi connectivity index (χ2n) is 6.71. The number of benzene rings is 1. The van der Waals surface area contributed by atoms with Gasteiger partial charge < -0.3 is 10.2 Å². The highest BCUT2D eigenvalue weighted by atomic mass is 32.2. The van der Waals surface area contributed by atoms with Crippen LogP contribution in [0.2, 0.25) is 0 Å². The van der Waals surface area contributed by atoms with Crippen LogP contribution in [0.15, 0.2) is 29.3 Å². The Kier molecular flexibility index (Phi) is 5.85. The molecule has 1 aliphatic rings. The van der Waals surface area contributed by atoms with E-state index in [1.807, 2.05) is 11.0 Å². The van der Waals surface area contributed by atoms with E-state index in [4.69, 9.17) is 0 Å². The zero-order chi connectivity index (χ0) is 17.8. The smallest absolute Gasteiger partial charge is 0.193 e. The van der Waals surface area contributed by atoms with E-state index in [0.29, 0.717) is 19.6 Å². The van der Waals surface area contributed by atoms with Crippen LogP contribution in [0.5, 0.6) is 0 Å². The maximum Gasteiger partial charge on any atom is 0.193 e. The summed E-state index contributed by atoms with van der Waals surface area (Å²) in [7, 11) is -1.36. The zero-order valence-electron chi connectivity index (χ0n) is 14.5. The number of guanidine groups is 1. The van der Waals surface area contributed by atoms with Gasteiger partial charge in [0.15, 0.2) is 15.8 Å².